The molecule has 5 aromatic rings. The molecule has 0 aliphatic heterocycles. The van der Waals surface area contributed by atoms with Gasteiger partial charge in [-0.2, -0.15) is 16.8 Å². The summed E-state index contributed by atoms with van der Waals surface area (Å²) in [5, 5.41) is 10.1. The first-order valence-corrected chi connectivity index (χ1v) is 22.3. The number of carbonyl (C=O) groups is 2. The number of anilines is 6. The molecule has 6 N–H and O–H groups in total. The Labute approximate surface area is 322 Å². The maximum atomic E-state index is 13.2. The van der Waals surface area contributed by atoms with Crippen molar-refractivity contribution in [1.29, 1.82) is 0 Å². The molecule has 0 bridgehead atoms. The number of hydrogen-bond acceptors (Lipinski definition) is 12. The van der Waals surface area contributed by atoms with Crippen LogP contribution >= 0.6 is 0 Å². The van der Waals surface area contributed by atoms with Crippen molar-refractivity contribution in [3.05, 3.63) is 121 Å². The highest BCUT2D eigenvalue weighted by molar-refractivity contribution is 7.92. The molecule has 56 heavy (non-hydrogen) atoms. The fourth-order valence-corrected chi connectivity index (χ4v) is 7.79. The van der Waals surface area contributed by atoms with Crippen LogP contribution in [0.5, 0.6) is 11.5 Å². The zero-order valence-corrected chi connectivity index (χ0v) is 32.3. The van der Waals surface area contributed by atoms with E-state index in [0.29, 0.717) is 11.4 Å². The van der Waals surface area contributed by atoms with Crippen molar-refractivity contribution in [2.75, 3.05) is 43.2 Å². The maximum absolute atomic E-state index is 13.2. The largest absolute Gasteiger partial charge is 0.379 e. The molecule has 0 heterocycles. The molecule has 0 aromatic heterocycles. The number of sulfonamides is 2. The van der Waals surface area contributed by atoms with Crippen LogP contribution in [0.1, 0.15) is 0 Å². The molecule has 18 nitrogen and oxygen atoms in total. The van der Waals surface area contributed by atoms with Gasteiger partial charge < -0.3 is 29.6 Å². The zero-order chi connectivity index (χ0) is 40.7. The molecule has 0 atom stereocenters. The van der Waals surface area contributed by atoms with Crippen LogP contribution in [0, 0.1) is 0 Å². The Morgan fingerprint density at radius 3 is 1.09 bits per heavy atom. The van der Waals surface area contributed by atoms with Gasteiger partial charge in [0.15, 0.2) is 0 Å². The summed E-state index contributed by atoms with van der Waals surface area (Å²) in [4.78, 5) is 24.0. The van der Waals surface area contributed by atoms with Gasteiger partial charge in [-0.05, 0) is 91.0 Å². The normalized spacial score (nSPS) is 11.8. The molecule has 0 spiro atoms. The van der Waals surface area contributed by atoms with E-state index in [-0.39, 0.29) is 34.2 Å². The van der Waals surface area contributed by atoms with Crippen LogP contribution in [0.15, 0.2) is 131 Å². The van der Waals surface area contributed by atoms with E-state index in [1.807, 2.05) is 0 Å². The lowest BCUT2D eigenvalue weighted by Crippen LogP contribution is -2.19. The van der Waals surface area contributed by atoms with Gasteiger partial charge in [-0.15, -0.1) is 0 Å². The highest BCUT2D eigenvalue weighted by atomic mass is 32.2. The molecule has 0 fully saturated rings. The predicted octanol–water partition coefficient (Wildman–Crippen LogP) is 5.25. The molecular formula is C34H32N6O12S4. The van der Waals surface area contributed by atoms with Crippen LogP contribution in [-0.2, 0) is 40.3 Å². The summed E-state index contributed by atoms with van der Waals surface area (Å²) in [6.45, 7) is 0. The summed E-state index contributed by atoms with van der Waals surface area (Å²) in [5.74, 6) is -0.421. The van der Waals surface area contributed by atoms with Gasteiger partial charge in [0.1, 0.15) is 21.3 Å². The summed E-state index contributed by atoms with van der Waals surface area (Å²) in [5.41, 5.74) is 1.52. The third-order valence-corrected chi connectivity index (χ3v) is 10.6. The lowest BCUT2D eigenvalue weighted by molar-refractivity contribution is 0.261. The summed E-state index contributed by atoms with van der Waals surface area (Å²) in [6, 6.07) is 25.2. The van der Waals surface area contributed by atoms with Crippen LogP contribution in [0.2, 0.25) is 0 Å². The van der Waals surface area contributed by atoms with E-state index in [1.165, 1.54) is 103 Å². The van der Waals surface area contributed by atoms with Gasteiger partial charge in [0.2, 0.25) is 20.0 Å². The smallest absolute Gasteiger partial charge is 0.339 e. The summed E-state index contributed by atoms with van der Waals surface area (Å²) in [6.07, 6.45) is 2.00. The van der Waals surface area contributed by atoms with Crippen molar-refractivity contribution >= 4 is 86.5 Å². The van der Waals surface area contributed by atoms with Crippen LogP contribution in [0.25, 0.3) is 0 Å². The molecule has 5 rings (SSSR count). The van der Waals surface area contributed by atoms with E-state index in [9.17, 15) is 43.3 Å². The van der Waals surface area contributed by atoms with Gasteiger partial charge in [-0.1, -0.05) is 18.2 Å². The number of benzene rings is 5. The van der Waals surface area contributed by atoms with Crippen LogP contribution in [0.4, 0.5) is 43.7 Å². The molecule has 0 saturated heterocycles. The second-order valence-electron chi connectivity index (χ2n) is 11.7. The minimum absolute atomic E-state index is 0.141. The molecule has 4 amide bonds. The van der Waals surface area contributed by atoms with Crippen LogP contribution in [0.3, 0.4) is 0 Å². The quantitative estimate of drug-likeness (QED) is 0.0783. The second kappa shape index (κ2) is 16.6. The molecule has 0 unspecified atom stereocenters. The van der Waals surface area contributed by atoms with Crippen molar-refractivity contribution in [3.63, 3.8) is 0 Å². The summed E-state index contributed by atoms with van der Waals surface area (Å²) in [7, 11) is -16.2. The first-order valence-electron chi connectivity index (χ1n) is 15.7. The Morgan fingerprint density at radius 1 is 0.411 bits per heavy atom. The average Bonchev–Trinajstić information content (AvgIpc) is 3.09. The maximum Gasteiger partial charge on any atom is 0.339 e. The predicted molar refractivity (Wildman–Crippen MR) is 210 cm³/mol. The van der Waals surface area contributed by atoms with Crippen molar-refractivity contribution in [1.82, 2.24) is 0 Å². The Balaban J connectivity index is 1.20. The van der Waals surface area contributed by atoms with E-state index >= 15 is 0 Å². The number of rotatable bonds is 14. The number of hydrogen-bond donors (Lipinski definition) is 6. The fourth-order valence-electron chi connectivity index (χ4n) is 4.64. The topological polar surface area (TPSA) is 261 Å². The number of carbonyl (C=O) groups excluding carboxylic acids is 2. The molecule has 0 radical (unpaired) electrons. The van der Waals surface area contributed by atoms with Crippen molar-refractivity contribution in [2.45, 2.75) is 9.79 Å². The Hall–Kier alpha value is -6.36. The highest BCUT2D eigenvalue weighted by Gasteiger charge is 2.23. The first kappa shape index (κ1) is 40.8. The monoisotopic (exact) mass is 844 g/mol. The number of nitrogens with one attached hydrogen (secondary N) is 6. The van der Waals surface area contributed by atoms with Gasteiger partial charge >= 0.3 is 32.3 Å². The van der Waals surface area contributed by atoms with Crippen molar-refractivity contribution < 1.29 is 51.6 Å². The van der Waals surface area contributed by atoms with Gasteiger partial charge in [-0.25, -0.2) is 26.4 Å². The Morgan fingerprint density at radius 2 is 0.732 bits per heavy atom. The SMILES string of the molecule is CS(=O)(=O)Nc1ccc(NC(=O)Nc2cccc(OS(=O)(=O)c3cccc(S(=O)(=O)Oc4cccc(NC(=O)Nc5ccc(NS(C)(=O)=O)cc5)c4)c3)c2)cc1. The van der Waals surface area contributed by atoms with Crippen LogP contribution < -0.4 is 39.1 Å². The van der Waals surface area contributed by atoms with E-state index in [4.69, 9.17) is 8.37 Å². The minimum Gasteiger partial charge on any atom is -0.379 e. The molecule has 5 aromatic carbocycles. The number of amides is 4. The fraction of sp³-hybridized carbons (Fsp3) is 0.0588. The average molecular weight is 845 g/mol. The standard InChI is InChI=1S/C34H32N6O12S4/c1-53(43,44)39-25-16-12-23(13-17-25)35-33(41)37-27-6-3-8-29(20-27)51-55(47,48)31-10-5-11-32(22-31)56(49,50)52-30-9-4-7-28(21-30)38-34(42)36-24-14-18-26(19-15-24)40-54(2,45)46/h3-22,39-40H,1-2H3,(H2,35,37,41)(H2,36,38,42). The molecule has 294 valence electrons. The first-order chi connectivity index (χ1) is 26.2. The third-order valence-electron chi connectivity index (χ3n) is 6.87. The highest BCUT2D eigenvalue weighted by Crippen LogP contribution is 2.27. The summed E-state index contributed by atoms with van der Waals surface area (Å²) >= 11 is 0. The Kier molecular flexibility index (Phi) is 12.1. The van der Waals surface area contributed by atoms with E-state index < -0.39 is 62.1 Å². The van der Waals surface area contributed by atoms with E-state index in [1.54, 1.807) is 0 Å². The molecular weight excluding hydrogens is 813 g/mol. The Bertz CT molecular complexity index is 2530. The van der Waals surface area contributed by atoms with Crippen molar-refractivity contribution in [2.24, 2.45) is 0 Å². The van der Waals surface area contributed by atoms with Crippen LogP contribution in [-0.4, -0.2) is 58.2 Å². The second-order valence-corrected chi connectivity index (χ2v) is 18.3. The minimum atomic E-state index is -4.62. The lowest BCUT2D eigenvalue weighted by atomic mass is 10.3. The van der Waals surface area contributed by atoms with Gasteiger partial charge in [-0.3, -0.25) is 9.44 Å². The zero-order valence-electron chi connectivity index (χ0n) is 29.1. The molecule has 0 aliphatic rings. The number of urea groups is 2. The molecule has 0 aliphatic carbocycles. The van der Waals surface area contributed by atoms with Crippen molar-refractivity contribution in [3.8, 4) is 11.5 Å². The van der Waals surface area contributed by atoms with Gasteiger partial charge in [0.05, 0.1) is 12.5 Å². The molecule has 0 saturated carbocycles. The van der Waals surface area contributed by atoms with E-state index in [2.05, 4.69) is 30.7 Å². The van der Waals surface area contributed by atoms with E-state index in [0.717, 1.165) is 30.7 Å². The lowest BCUT2D eigenvalue weighted by Gasteiger charge is -2.12. The third kappa shape index (κ3) is 12.3. The van der Waals surface area contributed by atoms with Gasteiger partial charge in [0.25, 0.3) is 0 Å². The molecule has 22 heteroatoms. The van der Waals surface area contributed by atoms with Gasteiger partial charge in [0, 0.05) is 46.3 Å². The summed E-state index contributed by atoms with van der Waals surface area (Å²) < 4.78 is 113.